The lowest BCUT2D eigenvalue weighted by atomic mass is 9.67. The maximum atomic E-state index is 6.54. The van der Waals surface area contributed by atoms with Crippen LogP contribution in [0.2, 0.25) is 0 Å². The van der Waals surface area contributed by atoms with Crippen LogP contribution in [-0.2, 0) is 10.8 Å². The lowest BCUT2D eigenvalue weighted by Crippen LogP contribution is -2.28. The summed E-state index contributed by atoms with van der Waals surface area (Å²) in [4.78, 5) is 2.43. The number of furan rings is 1. The molecular weight excluding hydrogens is 787 g/mol. The number of anilines is 3. The van der Waals surface area contributed by atoms with Crippen molar-refractivity contribution in [1.29, 1.82) is 0 Å². The molecule has 0 fully saturated rings. The Morgan fingerprint density at radius 2 is 0.877 bits per heavy atom. The second-order valence-corrected chi connectivity index (χ2v) is 17.7. The summed E-state index contributed by atoms with van der Waals surface area (Å²) in [7, 11) is 0. The molecule has 0 saturated carbocycles. The zero-order chi connectivity index (χ0) is 43.1. The first-order valence-corrected chi connectivity index (χ1v) is 22.6. The maximum absolute atomic E-state index is 6.54. The highest BCUT2D eigenvalue weighted by Crippen LogP contribution is 2.58. The normalized spacial score (nSPS) is 15.3. The summed E-state index contributed by atoms with van der Waals surface area (Å²) in [6, 6.07) is 89.1. The van der Waals surface area contributed by atoms with E-state index in [0.717, 1.165) is 39.0 Å². The Bertz CT molecular complexity index is 3570. The Balaban J connectivity index is 1.01. The molecule has 1 heterocycles. The fraction of sp³-hybridized carbons (Fsp3) is 0.0476. The van der Waals surface area contributed by atoms with Gasteiger partial charge in [-0.25, -0.2) is 0 Å². The molecule has 2 aliphatic rings. The predicted octanol–water partition coefficient (Wildman–Crippen LogP) is 16.4. The van der Waals surface area contributed by atoms with Crippen LogP contribution in [-0.4, -0.2) is 0 Å². The topological polar surface area (TPSA) is 16.4 Å². The first-order chi connectivity index (χ1) is 32.1. The summed E-state index contributed by atoms with van der Waals surface area (Å²) in [5.41, 5.74) is 20.7. The van der Waals surface area contributed by atoms with Gasteiger partial charge >= 0.3 is 0 Å². The second-order valence-electron chi connectivity index (χ2n) is 17.7. The van der Waals surface area contributed by atoms with Gasteiger partial charge < -0.3 is 9.32 Å². The average molecular weight is 830 g/mol. The van der Waals surface area contributed by atoms with Crippen LogP contribution >= 0.6 is 0 Å². The smallest absolute Gasteiger partial charge is 0.137 e. The lowest BCUT2D eigenvalue weighted by Gasteiger charge is -2.35. The third-order valence-corrected chi connectivity index (χ3v) is 14.4. The molecule has 13 rings (SSSR count). The standard InChI is InChI=1S/C63H43NO/c1-62(44-18-5-2-6-19-44)54-27-14-11-24-49(54)51-38-34-43(40-56(51)62)42-32-35-47(36-33-42)64(58-29-17-31-60-61(58)53-26-13-16-30-59(53)65-60)48-37-39-52-50-25-12-15-28-55(50)63(57(52)41-48,45-20-7-3-8-21-45)46-22-9-4-10-23-46/h2-41H,1H3. The molecule has 2 nitrogen and oxygen atoms in total. The van der Waals surface area contributed by atoms with Crippen molar-refractivity contribution in [2.45, 2.75) is 17.8 Å². The number of fused-ring (bicyclic) bond motifs is 9. The first-order valence-electron chi connectivity index (χ1n) is 22.6. The van der Waals surface area contributed by atoms with E-state index in [2.05, 4.69) is 248 Å². The zero-order valence-electron chi connectivity index (χ0n) is 35.9. The van der Waals surface area contributed by atoms with Gasteiger partial charge in [0.25, 0.3) is 0 Å². The fourth-order valence-corrected chi connectivity index (χ4v) is 11.5. The Hall–Kier alpha value is -8.20. The Labute approximate surface area is 379 Å². The van der Waals surface area contributed by atoms with E-state index in [1.165, 1.54) is 72.3 Å². The molecule has 2 aliphatic carbocycles. The van der Waals surface area contributed by atoms with Crippen LogP contribution in [0.3, 0.4) is 0 Å². The van der Waals surface area contributed by atoms with Crippen molar-refractivity contribution in [2.75, 3.05) is 4.90 Å². The first kappa shape index (κ1) is 37.4. The highest BCUT2D eigenvalue weighted by molar-refractivity contribution is 6.13. The van der Waals surface area contributed by atoms with Crippen LogP contribution in [0, 0.1) is 0 Å². The molecule has 0 saturated heterocycles. The van der Waals surface area contributed by atoms with E-state index >= 15 is 0 Å². The average Bonchev–Trinajstić information content (AvgIpc) is 4.00. The minimum absolute atomic E-state index is 0.270. The third kappa shape index (κ3) is 5.41. The van der Waals surface area contributed by atoms with Crippen molar-refractivity contribution in [3.05, 3.63) is 282 Å². The fourth-order valence-electron chi connectivity index (χ4n) is 11.5. The van der Waals surface area contributed by atoms with E-state index in [0.29, 0.717) is 0 Å². The van der Waals surface area contributed by atoms with Gasteiger partial charge in [0, 0.05) is 22.2 Å². The Morgan fingerprint density at radius 1 is 0.354 bits per heavy atom. The van der Waals surface area contributed by atoms with Crippen LogP contribution in [0.5, 0.6) is 0 Å². The van der Waals surface area contributed by atoms with Gasteiger partial charge in [-0.05, 0) is 128 Å². The molecular formula is C63H43NO. The highest BCUT2D eigenvalue weighted by Gasteiger charge is 2.46. The molecule has 0 N–H and O–H groups in total. The minimum atomic E-state index is -0.532. The van der Waals surface area contributed by atoms with E-state index < -0.39 is 5.41 Å². The molecule has 0 bridgehead atoms. The number of para-hydroxylation sites is 1. The van der Waals surface area contributed by atoms with Crippen LogP contribution < -0.4 is 4.90 Å². The van der Waals surface area contributed by atoms with Crippen molar-refractivity contribution in [1.82, 2.24) is 0 Å². The van der Waals surface area contributed by atoms with Gasteiger partial charge in [-0.3, -0.25) is 0 Å². The monoisotopic (exact) mass is 829 g/mol. The van der Waals surface area contributed by atoms with E-state index in [1.807, 2.05) is 6.07 Å². The quantitative estimate of drug-likeness (QED) is 0.159. The Morgan fingerprint density at radius 3 is 1.60 bits per heavy atom. The van der Waals surface area contributed by atoms with Crippen LogP contribution in [0.25, 0.3) is 55.3 Å². The maximum Gasteiger partial charge on any atom is 0.137 e. The molecule has 0 aliphatic heterocycles. The molecule has 11 aromatic rings. The van der Waals surface area contributed by atoms with Crippen molar-refractivity contribution < 1.29 is 4.42 Å². The van der Waals surface area contributed by atoms with Gasteiger partial charge in [0.15, 0.2) is 0 Å². The summed E-state index contributed by atoms with van der Waals surface area (Å²) in [6.45, 7) is 2.39. The largest absolute Gasteiger partial charge is 0.456 e. The molecule has 0 spiro atoms. The molecule has 1 unspecified atom stereocenters. The summed E-state index contributed by atoms with van der Waals surface area (Å²) < 4.78 is 6.54. The number of rotatable bonds is 7. The molecule has 306 valence electrons. The Kier molecular flexibility index (Phi) is 8.29. The molecule has 1 aromatic heterocycles. The van der Waals surface area contributed by atoms with Crippen LogP contribution in [0.15, 0.2) is 247 Å². The molecule has 65 heavy (non-hydrogen) atoms. The molecule has 1 atom stereocenters. The van der Waals surface area contributed by atoms with Crippen molar-refractivity contribution >= 4 is 39.0 Å². The molecule has 0 amide bonds. The number of hydrogen-bond acceptors (Lipinski definition) is 2. The SMILES string of the molecule is CC1(c2ccccc2)c2ccccc2-c2ccc(-c3ccc(N(c4ccc5c(c4)C(c4ccccc4)(c4ccccc4)c4ccccc4-5)c4cccc5oc6ccccc6c45)cc3)cc21. The number of nitrogens with zero attached hydrogens (tertiary/aromatic N) is 1. The highest BCUT2D eigenvalue weighted by atomic mass is 16.3. The predicted molar refractivity (Wildman–Crippen MR) is 269 cm³/mol. The van der Waals surface area contributed by atoms with Crippen molar-refractivity contribution in [3.8, 4) is 33.4 Å². The summed E-state index contributed by atoms with van der Waals surface area (Å²) >= 11 is 0. The van der Waals surface area contributed by atoms with Gasteiger partial charge in [0.2, 0.25) is 0 Å². The van der Waals surface area contributed by atoms with Crippen LogP contribution in [0.4, 0.5) is 17.1 Å². The number of benzene rings is 10. The second kappa shape index (κ2) is 14.4. The van der Waals surface area contributed by atoms with Gasteiger partial charge in [0.05, 0.1) is 16.5 Å². The summed E-state index contributed by atoms with van der Waals surface area (Å²) in [5.74, 6) is 0. The van der Waals surface area contributed by atoms with Gasteiger partial charge in [-0.1, -0.05) is 194 Å². The van der Waals surface area contributed by atoms with E-state index in [1.54, 1.807) is 0 Å². The van der Waals surface area contributed by atoms with Gasteiger partial charge in [-0.2, -0.15) is 0 Å². The molecule has 10 aromatic carbocycles. The van der Waals surface area contributed by atoms with Crippen molar-refractivity contribution in [2.24, 2.45) is 0 Å². The summed E-state index contributed by atoms with van der Waals surface area (Å²) in [5, 5.41) is 2.18. The van der Waals surface area contributed by atoms with E-state index in [4.69, 9.17) is 4.42 Å². The molecule has 0 radical (unpaired) electrons. The van der Waals surface area contributed by atoms with Gasteiger partial charge in [0.1, 0.15) is 11.2 Å². The van der Waals surface area contributed by atoms with Crippen LogP contribution in [0.1, 0.15) is 45.9 Å². The number of hydrogen-bond donors (Lipinski definition) is 0. The third-order valence-electron chi connectivity index (χ3n) is 14.4. The van der Waals surface area contributed by atoms with E-state index in [-0.39, 0.29) is 5.41 Å². The van der Waals surface area contributed by atoms with Crippen molar-refractivity contribution in [3.63, 3.8) is 0 Å². The van der Waals surface area contributed by atoms with E-state index in [9.17, 15) is 0 Å². The van der Waals surface area contributed by atoms with Gasteiger partial charge in [-0.15, -0.1) is 0 Å². The summed E-state index contributed by atoms with van der Waals surface area (Å²) in [6.07, 6.45) is 0. The zero-order valence-corrected chi connectivity index (χ0v) is 35.9. The lowest BCUT2D eigenvalue weighted by molar-refractivity contribution is 0.669. The molecule has 2 heteroatoms. The minimum Gasteiger partial charge on any atom is -0.456 e.